The van der Waals surface area contributed by atoms with E-state index in [0.29, 0.717) is 24.7 Å². The molecule has 2 rings (SSSR count). The molecule has 2 N–H and O–H groups in total. The van der Waals surface area contributed by atoms with Crippen LogP contribution in [0.15, 0.2) is 36.4 Å². The van der Waals surface area contributed by atoms with Crippen LogP contribution >= 0.6 is 0 Å². The standard InChI is InChI=1S/C20H29N5O3/c1-20(2,3)16-13-17(24(4)23-16)22-18(26)14-25(11-12-28-5)19(27)21-15-9-7-6-8-10-15/h6-10,13H,11-12,14H2,1-5H3,(H,21,27)(H,22,26). The number of rotatable bonds is 7. The molecule has 0 aliphatic carbocycles. The van der Waals surface area contributed by atoms with E-state index in [0.717, 1.165) is 5.69 Å². The second kappa shape index (κ2) is 9.36. The van der Waals surface area contributed by atoms with Crippen LogP contribution in [0, 0.1) is 0 Å². The average molecular weight is 387 g/mol. The molecule has 0 bridgehead atoms. The number of nitrogens with zero attached hydrogens (tertiary/aromatic N) is 3. The molecule has 0 radical (unpaired) electrons. The molecule has 8 heteroatoms. The summed E-state index contributed by atoms with van der Waals surface area (Å²) < 4.78 is 6.69. The van der Waals surface area contributed by atoms with Gasteiger partial charge in [-0.1, -0.05) is 39.0 Å². The third-order valence-corrected chi connectivity index (χ3v) is 4.13. The lowest BCUT2D eigenvalue weighted by atomic mass is 9.92. The predicted molar refractivity (Wildman–Crippen MR) is 109 cm³/mol. The maximum atomic E-state index is 12.6. The van der Waals surface area contributed by atoms with Gasteiger partial charge in [0.05, 0.1) is 12.3 Å². The molecular weight excluding hydrogens is 358 g/mol. The van der Waals surface area contributed by atoms with Gasteiger partial charge in [0.15, 0.2) is 0 Å². The van der Waals surface area contributed by atoms with Gasteiger partial charge in [0.2, 0.25) is 5.91 Å². The number of para-hydroxylation sites is 1. The van der Waals surface area contributed by atoms with Crippen LogP contribution in [-0.4, -0.2) is 53.4 Å². The minimum atomic E-state index is -0.362. The van der Waals surface area contributed by atoms with Crippen molar-refractivity contribution in [3.63, 3.8) is 0 Å². The number of carbonyl (C=O) groups excluding carboxylic acids is 2. The number of urea groups is 1. The summed E-state index contributed by atoms with van der Waals surface area (Å²) in [6, 6.07) is 10.6. The number of benzene rings is 1. The van der Waals surface area contributed by atoms with Crippen LogP contribution in [0.5, 0.6) is 0 Å². The van der Waals surface area contributed by atoms with Crippen molar-refractivity contribution in [2.45, 2.75) is 26.2 Å². The molecule has 0 aliphatic rings. The first-order valence-electron chi connectivity index (χ1n) is 9.15. The summed E-state index contributed by atoms with van der Waals surface area (Å²) in [6.07, 6.45) is 0. The Morgan fingerprint density at radius 2 is 1.86 bits per heavy atom. The molecule has 152 valence electrons. The number of methoxy groups -OCH3 is 1. The summed E-state index contributed by atoms with van der Waals surface area (Å²) in [5, 5.41) is 10.1. The number of ether oxygens (including phenoxy) is 1. The Hall–Kier alpha value is -2.87. The third kappa shape index (κ3) is 6.09. The number of aromatic nitrogens is 2. The van der Waals surface area contributed by atoms with E-state index in [-0.39, 0.29) is 23.9 Å². The lowest BCUT2D eigenvalue weighted by Crippen LogP contribution is -2.42. The second-order valence-electron chi connectivity index (χ2n) is 7.55. The van der Waals surface area contributed by atoms with E-state index in [1.54, 1.807) is 31.0 Å². The summed E-state index contributed by atoms with van der Waals surface area (Å²) in [7, 11) is 3.33. The molecule has 0 unspecified atom stereocenters. The zero-order valence-corrected chi connectivity index (χ0v) is 17.2. The van der Waals surface area contributed by atoms with Crippen molar-refractivity contribution in [2.75, 3.05) is 37.4 Å². The Balaban J connectivity index is 2.04. The van der Waals surface area contributed by atoms with Crippen LogP contribution in [0.4, 0.5) is 16.3 Å². The van der Waals surface area contributed by atoms with Crippen molar-refractivity contribution in [3.05, 3.63) is 42.1 Å². The number of hydrogen-bond acceptors (Lipinski definition) is 4. The van der Waals surface area contributed by atoms with E-state index in [1.165, 1.54) is 4.90 Å². The smallest absolute Gasteiger partial charge is 0.322 e. The maximum absolute atomic E-state index is 12.6. The van der Waals surface area contributed by atoms with E-state index in [2.05, 4.69) is 36.5 Å². The first-order chi connectivity index (χ1) is 13.2. The number of nitrogens with one attached hydrogen (secondary N) is 2. The van der Waals surface area contributed by atoms with Gasteiger partial charge < -0.3 is 20.3 Å². The molecule has 3 amide bonds. The Morgan fingerprint density at radius 3 is 2.43 bits per heavy atom. The van der Waals surface area contributed by atoms with Gasteiger partial charge in [0.1, 0.15) is 12.4 Å². The van der Waals surface area contributed by atoms with Crippen LogP contribution in [0.25, 0.3) is 0 Å². The van der Waals surface area contributed by atoms with Gasteiger partial charge in [0, 0.05) is 37.9 Å². The molecule has 2 aromatic rings. The van der Waals surface area contributed by atoms with Crippen LogP contribution in [0.3, 0.4) is 0 Å². The quantitative estimate of drug-likeness (QED) is 0.765. The van der Waals surface area contributed by atoms with Crippen LogP contribution in [0.1, 0.15) is 26.5 Å². The normalized spacial score (nSPS) is 11.2. The van der Waals surface area contributed by atoms with E-state index in [9.17, 15) is 9.59 Å². The van der Waals surface area contributed by atoms with Crippen LogP contribution in [-0.2, 0) is 22.0 Å². The largest absolute Gasteiger partial charge is 0.383 e. The zero-order chi connectivity index (χ0) is 20.7. The summed E-state index contributed by atoms with van der Waals surface area (Å²) in [4.78, 5) is 26.5. The van der Waals surface area contributed by atoms with Crippen molar-refractivity contribution in [2.24, 2.45) is 7.05 Å². The lowest BCUT2D eigenvalue weighted by molar-refractivity contribution is -0.116. The van der Waals surface area contributed by atoms with Gasteiger partial charge in [-0.3, -0.25) is 9.48 Å². The Morgan fingerprint density at radius 1 is 1.18 bits per heavy atom. The monoisotopic (exact) mass is 387 g/mol. The summed E-state index contributed by atoms with van der Waals surface area (Å²) in [5.74, 6) is 0.285. The molecule has 0 saturated carbocycles. The minimum absolute atomic E-state index is 0.0991. The fourth-order valence-corrected chi connectivity index (χ4v) is 2.48. The molecule has 28 heavy (non-hydrogen) atoms. The molecular formula is C20H29N5O3. The molecule has 0 fully saturated rings. The van der Waals surface area contributed by atoms with Crippen molar-refractivity contribution in [1.29, 1.82) is 0 Å². The van der Waals surface area contributed by atoms with Gasteiger partial charge in [-0.2, -0.15) is 5.10 Å². The van der Waals surface area contributed by atoms with Gasteiger partial charge in [-0.25, -0.2) is 4.79 Å². The topological polar surface area (TPSA) is 88.5 Å². The lowest BCUT2D eigenvalue weighted by Gasteiger charge is -2.22. The van der Waals surface area contributed by atoms with Crippen molar-refractivity contribution >= 4 is 23.4 Å². The fourth-order valence-electron chi connectivity index (χ4n) is 2.48. The highest BCUT2D eigenvalue weighted by atomic mass is 16.5. The van der Waals surface area contributed by atoms with E-state index in [1.807, 2.05) is 24.3 Å². The average Bonchev–Trinajstić information content (AvgIpc) is 3.00. The first kappa shape index (κ1) is 21.4. The Labute approximate surface area is 165 Å². The maximum Gasteiger partial charge on any atom is 0.322 e. The number of amides is 3. The molecule has 0 aliphatic heterocycles. The zero-order valence-electron chi connectivity index (χ0n) is 17.2. The first-order valence-corrected chi connectivity index (χ1v) is 9.15. The van der Waals surface area contributed by atoms with Crippen LogP contribution < -0.4 is 10.6 Å². The SMILES string of the molecule is COCCN(CC(=O)Nc1cc(C(C)(C)C)nn1C)C(=O)Nc1ccccc1. The van der Waals surface area contributed by atoms with Crippen molar-refractivity contribution in [1.82, 2.24) is 14.7 Å². The molecule has 1 heterocycles. The van der Waals surface area contributed by atoms with Crippen molar-refractivity contribution in [3.8, 4) is 0 Å². The van der Waals surface area contributed by atoms with Gasteiger partial charge >= 0.3 is 6.03 Å². The number of hydrogen-bond donors (Lipinski definition) is 2. The van der Waals surface area contributed by atoms with Crippen LogP contribution in [0.2, 0.25) is 0 Å². The van der Waals surface area contributed by atoms with E-state index in [4.69, 9.17) is 4.74 Å². The molecule has 1 aromatic heterocycles. The number of anilines is 2. The van der Waals surface area contributed by atoms with E-state index < -0.39 is 0 Å². The molecule has 0 saturated heterocycles. The van der Waals surface area contributed by atoms with E-state index >= 15 is 0 Å². The van der Waals surface area contributed by atoms with Crippen molar-refractivity contribution < 1.29 is 14.3 Å². The third-order valence-electron chi connectivity index (χ3n) is 4.13. The fraction of sp³-hybridized carbons (Fsp3) is 0.450. The summed E-state index contributed by atoms with van der Waals surface area (Å²) >= 11 is 0. The summed E-state index contributed by atoms with van der Waals surface area (Å²) in [6.45, 7) is 6.69. The predicted octanol–water partition coefficient (Wildman–Crippen LogP) is 2.84. The number of aryl methyl sites for hydroxylation is 1. The molecule has 8 nitrogen and oxygen atoms in total. The highest BCUT2D eigenvalue weighted by molar-refractivity contribution is 5.96. The molecule has 1 aromatic carbocycles. The Kier molecular flexibility index (Phi) is 7.17. The second-order valence-corrected chi connectivity index (χ2v) is 7.55. The van der Waals surface area contributed by atoms with Gasteiger partial charge in [0.25, 0.3) is 0 Å². The molecule has 0 atom stereocenters. The Bertz CT molecular complexity index is 796. The number of carbonyl (C=O) groups is 2. The minimum Gasteiger partial charge on any atom is -0.383 e. The van der Waals surface area contributed by atoms with Gasteiger partial charge in [-0.05, 0) is 12.1 Å². The van der Waals surface area contributed by atoms with Gasteiger partial charge in [-0.15, -0.1) is 0 Å². The highest BCUT2D eigenvalue weighted by Gasteiger charge is 2.21. The highest BCUT2D eigenvalue weighted by Crippen LogP contribution is 2.23. The molecule has 0 spiro atoms. The summed E-state index contributed by atoms with van der Waals surface area (Å²) in [5.41, 5.74) is 1.42.